The number of nitrogens with zero attached hydrogens (tertiary/aromatic N) is 1. The zero-order valence-corrected chi connectivity index (χ0v) is 21.4. The number of carbonyl (C=O) groups excluding carboxylic acids is 1. The van der Waals surface area contributed by atoms with Crippen molar-refractivity contribution in [3.8, 4) is 0 Å². The minimum Gasteiger partial charge on any atom is -0.323 e. The average Bonchev–Trinajstić information content (AvgIpc) is 2.77. The molecule has 10 heteroatoms. The molecular formula is C26H28ClF3N2O3S. The van der Waals surface area contributed by atoms with Gasteiger partial charge in [-0.05, 0) is 97.6 Å². The van der Waals surface area contributed by atoms with Gasteiger partial charge in [-0.3, -0.25) is 9.10 Å². The van der Waals surface area contributed by atoms with Gasteiger partial charge in [-0.1, -0.05) is 23.7 Å². The number of hydrogen-bond acceptors (Lipinski definition) is 3. The van der Waals surface area contributed by atoms with E-state index in [-0.39, 0.29) is 16.1 Å². The lowest BCUT2D eigenvalue weighted by molar-refractivity contribution is -0.137. The molecule has 1 amide bonds. The highest BCUT2D eigenvalue weighted by Crippen LogP contribution is 2.60. The van der Waals surface area contributed by atoms with Gasteiger partial charge in [-0.25, -0.2) is 8.42 Å². The maximum Gasteiger partial charge on any atom is 0.416 e. The molecule has 0 atom stereocenters. The standard InChI is InChI=1S/C26H28ClF3N2O3S/c1-36(34,35)32(15-24(33)31-23-11-20(26(28,29)30)4-7-22(23)27)21-5-2-19(3-6-21)25-12-16-8-17(13-25)10-18(9-16)14-25/h2-7,11,16-18H,8-10,12-15H2,1H3,(H,31,33). The Labute approximate surface area is 214 Å². The predicted octanol–water partition coefficient (Wildman–Crippen LogP) is 6.23. The number of halogens is 4. The Morgan fingerprint density at radius 2 is 1.58 bits per heavy atom. The van der Waals surface area contributed by atoms with Gasteiger partial charge < -0.3 is 5.32 Å². The molecule has 4 aliphatic carbocycles. The van der Waals surface area contributed by atoms with E-state index < -0.39 is 34.2 Å². The molecule has 2 aromatic rings. The fourth-order valence-corrected chi connectivity index (χ4v) is 7.98. The summed E-state index contributed by atoms with van der Waals surface area (Å²) in [5.41, 5.74) is 0.501. The molecule has 0 aliphatic heterocycles. The number of rotatable bonds is 6. The molecule has 4 saturated carbocycles. The molecule has 0 aromatic heterocycles. The molecule has 4 bridgehead atoms. The molecule has 2 aromatic carbocycles. The van der Waals surface area contributed by atoms with Crippen molar-refractivity contribution in [2.24, 2.45) is 17.8 Å². The third-order valence-electron chi connectivity index (χ3n) is 8.06. The molecule has 4 fully saturated rings. The van der Waals surface area contributed by atoms with Gasteiger partial charge in [0.05, 0.1) is 28.2 Å². The Hall–Kier alpha value is -2.26. The van der Waals surface area contributed by atoms with E-state index in [2.05, 4.69) is 5.32 Å². The van der Waals surface area contributed by atoms with Crippen molar-refractivity contribution < 1.29 is 26.4 Å². The third kappa shape index (κ3) is 4.96. The van der Waals surface area contributed by atoms with Gasteiger partial charge >= 0.3 is 6.18 Å². The van der Waals surface area contributed by atoms with E-state index in [1.165, 1.54) is 44.1 Å². The second kappa shape index (κ2) is 8.94. The normalized spacial score (nSPS) is 27.2. The van der Waals surface area contributed by atoms with Gasteiger partial charge in [-0.15, -0.1) is 0 Å². The smallest absolute Gasteiger partial charge is 0.323 e. The van der Waals surface area contributed by atoms with Gasteiger partial charge in [0.1, 0.15) is 6.54 Å². The molecule has 0 radical (unpaired) electrons. The van der Waals surface area contributed by atoms with Crippen LogP contribution < -0.4 is 9.62 Å². The number of anilines is 2. The van der Waals surface area contributed by atoms with Crippen LogP contribution in [0.1, 0.15) is 49.7 Å². The van der Waals surface area contributed by atoms with Crippen LogP contribution in [0.5, 0.6) is 0 Å². The van der Waals surface area contributed by atoms with E-state index >= 15 is 0 Å². The molecule has 0 unspecified atom stereocenters. The first kappa shape index (κ1) is 25.4. The quantitative estimate of drug-likeness (QED) is 0.472. The van der Waals surface area contributed by atoms with Crippen molar-refractivity contribution in [2.45, 2.75) is 50.1 Å². The summed E-state index contributed by atoms with van der Waals surface area (Å²) in [4.78, 5) is 12.7. The topological polar surface area (TPSA) is 66.5 Å². The lowest BCUT2D eigenvalue weighted by Gasteiger charge is -2.57. The van der Waals surface area contributed by atoms with Crippen LogP contribution in [0.4, 0.5) is 24.5 Å². The number of benzene rings is 2. The van der Waals surface area contributed by atoms with Crippen LogP contribution in [-0.2, 0) is 26.4 Å². The minimum absolute atomic E-state index is 0.0813. The summed E-state index contributed by atoms with van der Waals surface area (Å²) in [6, 6.07) is 9.97. The van der Waals surface area contributed by atoms with Crippen LogP contribution in [0, 0.1) is 17.8 Å². The molecule has 0 spiro atoms. The molecule has 0 heterocycles. The first-order valence-corrected chi connectivity index (χ1v) is 14.3. The summed E-state index contributed by atoms with van der Waals surface area (Å²) in [5, 5.41) is 2.24. The average molecular weight is 541 g/mol. The van der Waals surface area contributed by atoms with E-state index in [1.54, 1.807) is 12.1 Å². The number of alkyl halides is 3. The maximum absolute atomic E-state index is 13.1. The number of sulfonamides is 1. The van der Waals surface area contributed by atoms with Crippen molar-refractivity contribution in [1.29, 1.82) is 0 Å². The van der Waals surface area contributed by atoms with Gasteiger partial charge in [0.25, 0.3) is 0 Å². The molecule has 0 saturated heterocycles. The summed E-state index contributed by atoms with van der Waals surface area (Å²) in [5.74, 6) is 1.52. The van der Waals surface area contributed by atoms with Crippen LogP contribution in [0.3, 0.4) is 0 Å². The Bertz CT molecular complexity index is 1240. The minimum atomic E-state index is -4.61. The molecule has 4 aliphatic rings. The Morgan fingerprint density at radius 1 is 1.03 bits per heavy atom. The van der Waals surface area contributed by atoms with Gasteiger partial charge in [0, 0.05) is 0 Å². The molecule has 194 valence electrons. The Kier molecular flexibility index (Phi) is 6.31. The van der Waals surface area contributed by atoms with Crippen molar-refractivity contribution in [1.82, 2.24) is 0 Å². The van der Waals surface area contributed by atoms with Crippen LogP contribution in [-0.4, -0.2) is 27.1 Å². The summed E-state index contributed by atoms with van der Waals surface area (Å²) in [7, 11) is -3.85. The van der Waals surface area contributed by atoms with Gasteiger partial charge in [-0.2, -0.15) is 13.2 Å². The second-order valence-electron chi connectivity index (χ2n) is 10.8. The lowest BCUT2D eigenvalue weighted by Crippen LogP contribution is -2.48. The molecule has 5 nitrogen and oxygen atoms in total. The SMILES string of the molecule is CS(=O)(=O)N(CC(=O)Nc1cc(C(F)(F)F)ccc1Cl)c1ccc(C23CC4CC(CC(C4)C2)C3)cc1. The zero-order chi connectivity index (χ0) is 25.9. The summed E-state index contributed by atoms with van der Waals surface area (Å²) in [6.07, 6.45) is 3.88. The number of amides is 1. The summed E-state index contributed by atoms with van der Waals surface area (Å²) >= 11 is 5.97. The number of carbonyl (C=O) groups is 1. The van der Waals surface area contributed by atoms with Crippen LogP contribution in [0.25, 0.3) is 0 Å². The van der Waals surface area contributed by atoms with Crippen molar-refractivity contribution in [3.05, 3.63) is 58.6 Å². The number of hydrogen-bond donors (Lipinski definition) is 1. The fourth-order valence-electron chi connectivity index (χ4n) is 6.96. The monoisotopic (exact) mass is 540 g/mol. The highest BCUT2D eigenvalue weighted by atomic mass is 35.5. The van der Waals surface area contributed by atoms with Gasteiger partial charge in [0.2, 0.25) is 15.9 Å². The highest BCUT2D eigenvalue weighted by Gasteiger charge is 2.51. The van der Waals surface area contributed by atoms with E-state index in [4.69, 9.17) is 11.6 Å². The first-order chi connectivity index (χ1) is 16.8. The van der Waals surface area contributed by atoms with E-state index in [9.17, 15) is 26.4 Å². The fraction of sp³-hybridized carbons (Fsp3) is 0.500. The van der Waals surface area contributed by atoms with Crippen molar-refractivity contribution in [3.63, 3.8) is 0 Å². The van der Waals surface area contributed by atoms with Crippen LogP contribution >= 0.6 is 11.6 Å². The van der Waals surface area contributed by atoms with Gasteiger partial charge in [0.15, 0.2) is 0 Å². The van der Waals surface area contributed by atoms with Crippen LogP contribution in [0.15, 0.2) is 42.5 Å². The molecule has 6 rings (SSSR count). The number of nitrogens with one attached hydrogen (secondary N) is 1. The molecule has 36 heavy (non-hydrogen) atoms. The molecule has 1 N–H and O–H groups in total. The summed E-state index contributed by atoms with van der Waals surface area (Å²) in [6.45, 7) is -0.595. The second-order valence-corrected chi connectivity index (χ2v) is 13.1. The van der Waals surface area contributed by atoms with Crippen molar-refractivity contribution >= 4 is 38.9 Å². The third-order valence-corrected chi connectivity index (χ3v) is 9.53. The first-order valence-electron chi connectivity index (χ1n) is 12.1. The van der Waals surface area contributed by atoms with Crippen molar-refractivity contribution in [2.75, 3.05) is 22.4 Å². The lowest BCUT2D eigenvalue weighted by atomic mass is 9.48. The summed E-state index contributed by atoms with van der Waals surface area (Å²) < 4.78 is 65.2. The molecular weight excluding hydrogens is 513 g/mol. The van der Waals surface area contributed by atoms with E-state index in [0.29, 0.717) is 5.69 Å². The maximum atomic E-state index is 13.1. The van der Waals surface area contributed by atoms with Crippen LogP contribution in [0.2, 0.25) is 5.02 Å². The Balaban J connectivity index is 1.35. The zero-order valence-electron chi connectivity index (χ0n) is 19.8. The van der Waals surface area contributed by atoms with E-state index in [1.807, 2.05) is 12.1 Å². The largest absolute Gasteiger partial charge is 0.416 e. The Morgan fingerprint density at radius 3 is 2.08 bits per heavy atom. The van der Waals surface area contributed by atoms with E-state index in [0.717, 1.165) is 46.5 Å². The highest BCUT2D eigenvalue weighted by molar-refractivity contribution is 7.92. The predicted molar refractivity (Wildman–Crippen MR) is 134 cm³/mol.